The van der Waals surface area contributed by atoms with Gasteiger partial charge in [0.25, 0.3) is 10.0 Å². The van der Waals surface area contributed by atoms with Gasteiger partial charge in [-0.1, -0.05) is 15.9 Å². The first-order valence-corrected chi connectivity index (χ1v) is 9.36. The van der Waals surface area contributed by atoms with Crippen molar-refractivity contribution in [2.45, 2.75) is 11.8 Å². The molecule has 0 fully saturated rings. The molecular formula is C16H17BrN2O5S. The number of amides is 1. The summed E-state index contributed by atoms with van der Waals surface area (Å²) in [5.41, 5.74) is 0.728. The van der Waals surface area contributed by atoms with E-state index in [2.05, 4.69) is 26.0 Å². The van der Waals surface area contributed by atoms with E-state index in [1.807, 2.05) is 0 Å². The van der Waals surface area contributed by atoms with Gasteiger partial charge in [0.2, 0.25) is 5.91 Å². The monoisotopic (exact) mass is 428 g/mol. The molecule has 0 aliphatic heterocycles. The van der Waals surface area contributed by atoms with E-state index in [1.165, 1.54) is 39.3 Å². The number of sulfonamides is 1. The average molecular weight is 429 g/mol. The maximum atomic E-state index is 12.7. The van der Waals surface area contributed by atoms with Gasteiger partial charge in [-0.2, -0.15) is 0 Å². The summed E-state index contributed by atoms with van der Waals surface area (Å²) in [5.74, 6) is 0.291. The van der Waals surface area contributed by atoms with E-state index in [0.29, 0.717) is 15.9 Å². The molecule has 2 rings (SSSR count). The summed E-state index contributed by atoms with van der Waals surface area (Å²) in [4.78, 5) is 11.2. The predicted molar refractivity (Wildman–Crippen MR) is 98.8 cm³/mol. The van der Waals surface area contributed by atoms with Gasteiger partial charge in [0.15, 0.2) is 0 Å². The molecule has 7 nitrogen and oxygen atoms in total. The van der Waals surface area contributed by atoms with E-state index < -0.39 is 10.0 Å². The molecule has 0 radical (unpaired) electrons. The Morgan fingerprint density at radius 3 is 2.32 bits per heavy atom. The number of anilines is 2. The topological polar surface area (TPSA) is 93.7 Å². The molecule has 0 heterocycles. The molecule has 0 spiro atoms. The second kappa shape index (κ2) is 7.75. The molecule has 0 bridgehead atoms. The molecule has 2 aromatic rings. The summed E-state index contributed by atoms with van der Waals surface area (Å²) in [6.07, 6.45) is 0. The van der Waals surface area contributed by atoms with Crippen molar-refractivity contribution in [3.8, 4) is 11.5 Å². The second-order valence-electron chi connectivity index (χ2n) is 5.00. The van der Waals surface area contributed by atoms with Gasteiger partial charge in [0, 0.05) is 17.5 Å². The van der Waals surface area contributed by atoms with Gasteiger partial charge in [0.1, 0.15) is 16.4 Å². The number of hydrogen-bond donors (Lipinski definition) is 2. The molecule has 0 aliphatic carbocycles. The summed E-state index contributed by atoms with van der Waals surface area (Å²) in [6, 6.07) is 9.24. The van der Waals surface area contributed by atoms with Crippen LogP contribution in [0.2, 0.25) is 0 Å². The zero-order valence-electron chi connectivity index (χ0n) is 13.8. The van der Waals surface area contributed by atoms with Crippen LogP contribution in [0.15, 0.2) is 45.8 Å². The number of ether oxygens (including phenoxy) is 2. The Morgan fingerprint density at radius 1 is 1.04 bits per heavy atom. The Labute approximate surface area is 154 Å². The number of carbonyl (C=O) groups excluding carboxylic acids is 1. The highest BCUT2D eigenvalue weighted by Gasteiger charge is 2.20. The lowest BCUT2D eigenvalue weighted by molar-refractivity contribution is -0.114. The van der Waals surface area contributed by atoms with Crippen molar-refractivity contribution in [1.29, 1.82) is 0 Å². The van der Waals surface area contributed by atoms with Crippen molar-refractivity contribution in [3.63, 3.8) is 0 Å². The largest absolute Gasteiger partial charge is 0.495 e. The molecular weight excluding hydrogens is 412 g/mol. The van der Waals surface area contributed by atoms with Crippen LogP contribution in [0.25, 0.3) is 0 Å². The molecule has 0 aliphatic rings. The number of halogens is 1. The second-order valence-corrected chi connectivity index (χ2v) is 7.56. The van der Waals surface area contributed by atoms with Crippen molar-refractivity contribution < 1.29 is 22.7 Å². The third-order valence-electron chi connectivity index (χ3n) is 3.18. The smallest absolute Gasteiger partial charge is 0.265 e. The first kappa shape index (κ1) is 19.1. The van der Waals surface area contributed by atoms with Gasteiger partial charge in [-0.15, -0.1) is 0 Å². The number of rotatable bonds is 6. The van der Waals surface area contributed by atoms with Crippen molar-refractivity contribution >= 4 is 43.2 Å². The summed E-state index contributed by atoms with van der Waals surface area (Å²) < 4.78 is 38.7. The predicted octanol–water partition coefficient (Wildman–Crippen LogP) is 3.23. The number of benzene rings is 2. The van der Waals surface area contributed by atoms with Gasteiger partial charge >= 0.3 is 0 Å². The quantitative estimate of drug-likeness (QED) is 0.736. The lowest BCUT2D eigenvalue weighted by Gasteiger charge is -2.14. The minimum absolute atomic E-state index is 0.00530. The van der Waals surface area contributed by atoms with E-state index in [4.69, 9.17) is 9.47 Å². The fourth-order valence-electron chi connectivity index (χ4n) is 2.12. The van der Waals surface area contributed by atoms with Crippen LogP contribution in [0.5, 0.6) is 11.5 Å². The van der Waals surface area contributed by atoms with Crippen LogP contribution in [0.1, 0.15) is 6.92 Å². The molecule has 0 saturated carbocycles. The normalized spacial score (nSPS) is 10.9. The zero-order valence-corrected chi connectivity index (χ0v) is 16.2. The standard InChI is InChI=1S/C16H17BrN2O5S/c1-10(20)18-13-6-5-12(9-15(13)24-3)19-25(21,22)16-8-11(17)4-7-14(16)23-2/h4-9,19H,1-3H3,(H,18,20). The molecule has 0 saturated heterocycles. The van der Waals surface area contributed by atoms with E-state index in [-0.39, 0.29) is 22.2 Å². The van der Waals surface area contributed by atoms with Gasteiger partial charge in [-0.05, 0) is 30.3 Å². The minimum atomic E-state index is -3.89. The molecule has 0 aromatic heterocycles. The maximum Gasteiger partial charge on any atom is 0.265 e. The van der Waals surface area contributed by atoms with Crippen molar-refractivity contribution in [3.05, 3.63) is 40.9 Å². The Morgan fingerprint density at radius 2 is 1.72 bits per heavy atom. The molecule has 9 heteroatoms. The molecule has 134 valence electrons. The highest BCUT2D eigenvalue weighted by atomic mass is 79.9. The minimum Gasteiger partial charge on any atom is -0.495 e. The van der Waals surface area contributed by atoms with Crippen LogP contribution in [0.3, 0.4) is 0 Å². The van der Waals surface area contributed by atoms with Gasteiger partial charge < -0.3 is 14.8 Å². The highest BCUT2D eigenvalue weighted by Crippen LogP contribution is 2.32. The van der Waals surface area contributed by atoms with E-state index in [1.54, 1.807) is 18.2 Å². The summed E-state index contributed by atoms with van der Waals surface area (Å²) in [7, 11) is -1.06. The van der Waals surface area contributed by atoms with Crippen LogP contribution in [0, 0.1) is 0 Å². The molecule has 25 heavy (non-hydrogen) atoms. The SMILES string of the molecule is COc1cc(NS(=O)(=O)c2cc(Br)ccc2OC)ccc1NC(C)=O. The third kappa shape index (κ3) is 4.64. The first-order chi connectivity index (χ1) is 11.8. The molecule has 2 N–H and O–H groups in total. The van der Waals surface area contributed by atoms with Gasteiger partial charge in [-0.3, -0.25) is 9.52 Å². The summed E-state index contributed by atoms with van der Waals surface area (Å²) in [5, 5.41) is 2.60. The number of hydrogen-bond acceptors (Lipinski definition) is 5. The fraction of sp³-hybridized carbons (Fsp3) is 0.188. The Kier molecular flexibility index (Phi) is 5.91. The van der Waals surface area contributed by atoms with Gasteiger partial charge in [-0.25, -0.2) is 8.42 Å². The summed E-state index contributed by atoms with van der Waals surface area (Å²) in [6.45, 7) is 1.37. The lowest BCUT2D eigenvalue weighted by atomic mass is 10.2. The Bertz CT molecular complexity index is 899. The number of methoxy groups -OCH3 is 2. The van der Waals surface area contributed by atoms with Crippen LogP contribution < -0.4 is 19.5 Å². The molecule has 1 amide bonds. The van der Waals surface area contributed by atoms with E-state index in [9.17, 15) is 13.2 Å². The van der Waals surface area contributed by atoms with Crippen LogP contribution in [0.4, 0.5) is 11.4 Å². The molecule has 0 unspecified atom stereocenters. The first-order valence-electron chi connectivity index (χ1n) is 7.09. The van der Waals surface area contributed by atoms with Crippen LogP contribution in [-0.2, 0) is 14.8 Å². The Balaban J connectivity index is 2.38. The lowest BCUT2D eigenvalue weighted by Crippen LogP contribution is -2.14. The van der Waals surface area contributed by atoms with Crippen LogP contribution in [-0.4, -0.2) is 28.5 Å². The third-order valence-corrected chi connectivity index (χ3v) is 5.08. The van der Waals surface area contributed by atoms with Crippen molar-refractivity contribution in [2.75, 3.05) is 24.3 Å². The fourth-order valence-corrected chi connectivity index (χ4v) is 3.88. The van der Waals surface area contributed by atoms with Crippen molar-refractivity contribution in [1.82, 2.24) is 0 Å². The van der Waals surface area contributed by atoms with Crippen molar-refractivity contribution in [2.24, 2.45) is 0 Å². The van der Waals surface area contributed by atoms with E-state index >= 15 is 0 Å². The van der Waals surface area contributed by atoms with E-state index in [0.717, 1.165) is 0 Å². The average Bonchev–Trinajstić information content (AvgIpc) is 2.55. The van der Waals surface area contributed by atoms with Crippen LogP contribution >= 0.6 is 15.9 Å². The molecule has 2 aromatic carbocycles. The summed E-state index contributed by atoms with van der Waals surface area (Å²) >= 11 is 3.25. The Hall–Kier alpha value is -2.26. The highest BCUT2D eigenvalue weighted by molar-refractivity contribution is 9.10. The van der Waals surface area contributed by atoms with Gasteiger partial charge in [0.05, 0.1) is 25.6 Å². The number of nitrogens with one attached hydrogen (secondary N) is 2. The molecule has 0 atom stereocenters. The maximum absolute atomic E-state index is 12.7. The number of carbonyl (C=O) groups is 1. The zero-order chi connectivity index (χ0) is 18.6.